The molecule has 0 fully saturated rings. The number of hydrogen-bond acceptors (Lipinski definition) is 7. The quantitative estimate of drug-likeness (QED) is 0.288. The maximum absolute atomic E-state index is 12.3. The van der Waals surface area contributed by atoms with Crippen molar-refractivity contribution in [3.05, 3.63) is 69.5 Å². The predicted octanol–water partition coefficient (Wildman–Crippen LogP) is 4.46. The van der Waals surface area contributed by atoms with Crippen LogP contribution in [0.4, 0.5) is 11.4 Å². The zero-order valence-corrected chi connectivity index (χ0v) is 19.2. The Morgan fingerprint density at radius 2 is 1.94 bits per heavy atom. The molecule has 1 heterocycles. The van der Waals surface area contributed by atoms with E-state index in [1.54, 1.807) is 11.5 Å². The number of nitro groups is 1. The van der Waals surface area contributed by atoms with Crippen molar-refractivity contribution in [1.82, 2.24) is 14.8 Å². The number of ether oxygens (including phenoxy) is 1. The maximum atomic E-state index is 12.3. The summed E-state index contributed by atoms with van der Waals surface area (Å²) in [4.78, 5) is 22.7. The number of nitrogens with one attached hydrogen (secondary N) is 1. The van der Waals surface area contributed by atoms with Gasteiger partial charge in [0.05, 0.1) is 10.7 Å². The lowest BCUT2D eigenvalue weighted by atomic mass is 10.0. The van der Waals surface area contributed by atoms with Crippen LogP contribution in [0.5, 0.6) is 5.75 Å². The molecular weight excluding hydrogens is 430 g/mol. The first kappa shape index (κ1) is 23.3. The van der Waals surface area contributed by atoms with Gasteiger partial charge < -0.3 is 14.6 Å². The number of benzene rings is 2. The summed E-state index contributed by atoms with van der Waals surface area (Å²) >= 11 is 1.25. The van der Waals surface area contributed by atoms with Gasteiger partial charge in [-0.05, 0) is 42.2 Å². The van der Waals surface area contributed by atoms with E-state index in [4.69, 9.17) is 4.74 Å². The highest BCUT2D eigenvalue weighted by Gasteiger charge is 2.14. The zero-order chi connectivity index (χ0) is 23.3. The fourth-order valence-corrected chi connectivity index (χ4v) is 3.64. The molecule has 1 N–H and O–H groups in total. The Balaban J connectivity index is 1.53. The summed E-state index contributed by atoms with van der Waals surface area (Å²) in [6.45, 7) is 6.25. The van der Waals surface area contributed by atoms with Crippen molar-refractivity contribution < 1.29 is 14.5 Å². The third-order valence-corrected chi connectivity index (χ3v) is 5.89. The highest BCUT2D eigenvalue weighted by Crippen LogP contribution is 2.23. The lowest BCUT2D eigenvalue weighted by molar-refractivity contribution is -0.384. The lowest BCUT2D eigenvalue weighted by Crippen LogP contribution is -2.15. The standard InChI is InChI=1S/C22H25N5O4S/c1-14(2)16-5-8-18(9-6-16)31-12-20-24-25-22(26(20)4)32-13-21(28)23-19-10-7-17(27(29)30)11-15(19)3/h5-11,14H,12-13H2,1-4H3,(H,23,28). The Morgan fingerprint density at radius 3 is 2.56 bits per heavy atom. The minimum Gasteiger partial charge on any atom is -0.486 e. The molecule has 1 aromatic heterocycles. The van der Waals surface area contributed by atoms with Crippen LogP contribution in [0, 0.1) is 17.0 Å². The van der Waals surface area contributed by atoms with Gasteiger partial charge in [-0.2, -0.15) is 0 Å². The molecule has 168 valence electrons. The fourth-order valence-electron chi connectivity index (χ4n) is 2.91. The molecule has 2 aromatic carbocycles. The van der Waals surface area contributed by atoms with Crippen LogP contribution in [0.1, 0.15) is 36.7 Å². The van der Waals surface area contributed by atoms with Crippen LogP contribution >= 0.6 is 11.8 Å². The Morgan fingerprint density at radius 1 is 1.22 bits per heavy atom. The van der Waals surface area contributed by atoms with Crippen molar-refractivity contribution >= 4 is 29.0 Å². The molecule has 9 nitrogen and oxygen atoms in total. The summed E-state index contributed by atoms with van der Waals surface area (Å²) in [6.07, 6.45) is 0. The second-order valence-electron chi connectivity index (χ2n) is 7.56. The smallest absolute Gasteiger partial charge is 0.269 e. The molecule has 0 atom stereocenters. The molecule has 1 amide bonds. The third-order valence-electron chi connectivity index (χ3n) is 4.87. The summed E-state index contributed by atoms with van der Waals surface area (Å²) in [7, 11) is 1.82. The SMILES string of the molecule is Cc1cc([N+](=O)[O-])ccc1NC(=O)CSc1nnc(COc2ccc(C(C)C)cc2)n1C. The van der Waals surface area contributed by atoms with Gasteiger partial charge >= 0.3 is 0 Å². The van der Waals surface area contributed by atoms with E-state index in [1.807, 2.05) is 31.3 Å². The molecular formula is C22H25N5O4S. The number of non-ortho nitro benzene ring substituents is 1. The second-order valence-corrected chi connectivity index (χ2v) is 8.51. The average molecular weight is 456 g/mol. The number of rotatable bonds is 9. The summed E-state index contributed by atoms with van der Waals surface area (Å²) in [5.74, 6) is 1.75. The third kappa shape index (κ3) is 5.85. The number of aryl methyl sites for hydroxylation is 1. The summed E-state index contributed by atoms with van der Waals surface area (Å²) < 4.78 is 7.59. The minimum atomic E-state index is -0.468. The van der Waals surface area contributed by atoms with Crippen molar-refractivity contribution in [3.63, 3.8) is 0 Å². The molecule has 0 spiro atoms. The number of hydrogen-bond donors (Lipinski definition) is 1. The molecule has 0 aliphatic heterocycles. The zero-order valence-electron chi connectivity index (χ0n) is 18.4. The highest BCUT2D eigenvalue weighted by atomic mass is 32.2. The van der Waals surface area contributed by atoms with E-state index in [0.717, 1.165) is 5.75 Å². The van der Waals surface area contributed by atoms with Gasteiger partial charge in [0.2, 0.25) is 5.91 Å². The highest BCUT2D eigenvalue weighted by molar-refractivity contribution is 7.99. The summed E-state index contributed by atoms with van der Waals surface area (Å²) in [5, 5.41) is 22.5. The van der Waals surface area contributed by atoms with Gasteiger partial charge in [0.25, 0.3) is 5.69 Å². The van der Waals surface area contributed by atoms with Crippen molar-refractivity contribution in [1.29, 1.82) is 0 Å². The van der Waals surface area contributed by atoms with Gasteiger partial charge in [0, 0.05) is 24.9 Å². The molecule has 0 aliphatic rings. The van der Waals surface area contributed by atoms with Crippen LogP contribution in [-0.4, -0.2) is 31.3 Å². The number of amides is 1. The predicted molar refractivity (Wildman–Crippen MR) is 123 cm³/mol. The first-order valence-corrected chi connectivity index (χ1v) is 11.0. The Kier molecular flexibility index (Phi) is 7.47. The molecule has 0 aliphatic carbocycles. The van der Waals surface area contributed by atoms with Crippen molar-refractivity contribution in [3.8, 4) is 5.75 Å². The van der Waals surface area contributed by atoms with E-state index >= 15 is 0 Å². The molecule has 0 saturated carbocycles. The van der Waals surface area contributed by atoms with E-state index in [-0.39, 0.29) is 24.0 Å². The van der Waals surface area contributed by atoms with Crippen LogP contribution in [0.15, 0.2) is 47.6 Å². The number of carbonyl (C=O) groups is 1. The summed E-state index contributed by atoms with van der Waals surface area (Å²) in [5.41, 5.74) is 2.39. The topological polar surface area (TPSA) is 112 Å². The Hall–Kier alpha value is -3.40. The number of carbonyl (C=O) groups excluding carboxylic acids is 1. The Labute approximate surface area is 190 Å². The minimum absolute atomic E-state index is 0.0143. The van der Waals surface area contributed by atoms with Gasteiger partial charge in [0.15, 0.2) is 11.0 Å². The normalized spacial score (nSPS) is 10.9. The average Bonchev–Trinajstić information content (AvgIpc) is 3.11. The van der Waals surface area contributed by atoms with Crippen LogP contribution < -0.4 is 10.1 Å². The molecule has 10 heteroatoms. The number of nitrogens with zero attached hydrogens (tertiary/aromatic N) is 4. The van der Waals surface area contributed by atoms with E-state index < -0.39 is 4.92 Å². The fraction of sp³-hybridized carbons (Fsp3) is 0.318. The van der Waals surface area contributed by atoms with E-state index in [0.29, 0.717) is 28.1 Å². The molecule has 0 saturated heterocycles. The first-order valence-electron chi connectivity index (χ1n) is 10.0. The van der Waals surface area contributed by atoms with E-state index in [9.17, 15) is 14.9 Å². The van der Waals surface area contributed by atoms with Gasteiger partial charge in [0.1, 0.15) is 12.4 Å². The van der Waals surface area contributed by atoms with E-state index in [2.05, 4.69) is 29.4 Å². The number of anilines is 1. The van der Waals surface area contributed by atoms with Crippen LogP contribution in [0.2, 0.25) is 0 Å². The van der Waals surface area contributed by atoms with Crippen LogP contribution in [-0.2, 0) is 18.4 Å². The number of aromatic nitrogens is 3. The van der Waals surface area contributed by atoms with Gasteiger partial charge in [-0.25, -0.2) is 0 Å². The Bertz CT molecular complexity index is 1110. The molecule has 3 aromatic rings. The maximum Gasteiger partial charge on any atom is 0.269 e. The van der Waals surface area contributed by atoms with Crippen LogP contribution in [0.25, 0.3) is 0 Å². The number of thioether (sulfide) groups is 1. The van der Waals surface area contributed by atoms with Crippen molar-refractivity contribution in [2.75, 3.05) is 11.1 Å². The van der Waals surface area contributed by atoms with Crippen molar-refractivity contribution in [2.45, 2.75) is 38.5 Å². The van der Waals surface area contributed by atoms with Gasteiger partial charge in [-0.15, -0.1) is 10.2 Å². The van der Waals surface area contributed by atoms with Crippen LogP contribution in [0.3, 0.4) is 0 Å². The molecule has 0 radical (unpaired) electrons. The first-order chi connectivity index (χ1) is 15.2. The lowest BCUT2D eigenvalue weighted by Gasteiger charge is -2.09. The van der Waals surface area contributed by atoms with Gasteiger partial charge in [-0.3, -0.25) is 14.9 Å². The second kappa shape index (κ2) is 10.3. The van der Waals surface area contributed by atoms with Crippen molar-refractivity contribution in [2.24, 2.45) is 7.05 Å². The van der Waals surface area contributed by atoms with Gasteiger partial charge in [-0.1, -0.05) is 37.7 Å². The molecule has 0 unspecified atom stereocenters. The molecule has 0 bridgehead atoms. The van der Waals surface area contributed by atoms with E-state index in [1.165, 1.54) is 35.5 Å². The number of nitro benzene ring substituents is 1. The molecule has 32 heavy (non-hydrogen) atoms. The molecule has 3 rings (SSSR count). The monoisotopic (exact) mass is 455 g/mol. The largest absolute Gasteiger partial charge is 0.486 e. The summed E-state index contributed by atoms with van der Waals surface area (Å²) in [6, 6.07) is 12.3.